The molecule has 2 N–H and O–H groups in total. The zero-order chi connectivity index (χ0) is 14.5. The third-order valence-corrected chi connectivity index (χ3v) is 3.63. The minimum atomic E-state index is -0.795. The number of hydrogen-bond donors (Lipinski definition) is 2. The summed E-state index contributed by atoms with van der Waals surface area (Å²) < 4.78 is 26.7. The van der Waals surface area contributed by atoms with Crippen molar-refractivity contribution in [2.24, 2.45) is 5.92 Å². The summed E-state index contributed by atoms with van der Waals surface area (Å²) in [7, 11) is 0. The van der Waals surface area contributed by atoms with Crippen molar-refractivity contribution >= 4 is 11.7 Å². The lowest BCUT2D eigenvalue weighted by Gasteiger charge is -2.11. The van der Waals surface area contributed by atoms with Gasteiger partial charge in [-0.3, -0.25) is 0 Å². The van der Waals surface area contributed by atoms with E-state index in [0.29, 0.717) is 5.92 Å². The Bertz CT molecular complexity index is 502. The summed E-state index contributed by atoms with van der Waals surface area (Å²) in [6, 6.07) is 2.79. The quantitative estimate of drug-likeness (QED) is 0.856. The van der Waals surface area contributed by atoms with E-state index in [0.717, 1.165) is 30.5 Å². The predicted molar refractivity (Wildman–Crippen MR) is 74.2 cm³/mol. The van der Waals surface area contributed by atoms with E-state index in [2.05, 4.69) is 10.6 Å². The summed E-state index contributed by atoms with van der Waals surface area (Å²) >= 11 is 0. The molecule has 0 spiro atoms. The number of amides is 2. The van der Waals surface area contributed by atoms with Crippen LogP contribution < -0.4 is 10.6 Å². The fraction of sp³-hybridized carbons (Fsp3) is 0.400. The molecule has 0 radical (unpaired) electrons. The van der Waals surface area contributed by atoms with Crippen molar-refractivity contribution in [2.45, 2.75) is 32.6 Å². The molecule has 2 rings (SSSR count). The fourth-order valence-electron chi connectivity index (χ4n) is 2.45. The van der Waals surface area contributed by atoms with Gasteiger partial charge < -0.3 is 10.6 Å². The van der Waals surface area contributed by atoms with Crippen LogP contribution in [0, 0.1) is 17.6 Å². The van der Waals surface area contributed by atoms with Crippen molar-refractivity contribution in [3.05, 3.63) is 41.6 Å². The Kier molecular flexibility index (Phi) is 4.71. The van der Waals surface area contributed by atoms with E-state index in [4.69, 9.17) is 0 Å². The van der Waals surface area contributed by atoms with Crippen LogP contribution in [-0.2, 0) is 0 Å². The van der Waals surface area contributed by atoms with Gasteiger partial charge in [-0.05, 0) is 37.8 Å². The van der Waals surface area contributed by atoms with E-state index in [1.54, 1.807) is 6.20 Å². The number of carbonyl (C=O) groups is 1. The number of carbonyl (C=O) groups excluding carboxylic acids is 1. The lowest BCUT2D eigenvalue weighted by atomic mass is 10.0. The Balaban J connectivity index is 1.94. The second kappa shape index (κ2) is 6.50. The first-order chi connectivity index (χ1) is 9.58. The summed E-state index contributed by atoms with van der Waals surface area (Å²) in [6.45, 7) is 1.96. The molecule has 1 saturated carbocycles. The maximum Gasteiger partial charge on any atom is 0.323 e. The molecule has 3 nitrogen and oxygen atoms in total. The molecule has 1 aromatic carbocycles. The summed E-state index contributed by atoms with van der Waals surface area (Å²) in [5.74, 6) is -1.09. The summed E-state index contributed by atoms with van der Waals surface area (Å²) in [5.41, 5.74) is 0.656. The molecule has 5 heteroatoms. The van der Waals surface area contributed by atoms with Gasteiger partial charge in [-0.15, -0.1) is 0 Å². The molecule has 2 amide bonds. The molecule has 108 valence electrons. The Morgan fingerprint density at radius 2 is 1.85 bits per heavy atom. The van der Waals surface area contributed by atoms with E-state index in [9.17, 15) is 13.6 Å². The Morgan fingerprint density at radius 3 is 2.45 bits per heavy atom. The average Bonchev–Trinajstić information content (AvgIpc) is 2.94. The van der Waals surface area contributed by atoms with Crippen LogP contribution in [0.1, 0.15) is 32.6 Å². The predicted octanol–water partition coefficient (Wildman–Crippen LogP) is 4.18. The number of nitrogens with one attached hydrogen (secondary N) is 2. The van der Waals surface area contributed by atoms with Crippen LogP contribution in [0.5, 0.6) is 0 Å². The summed E-state index contributed by atoms with van der Waals surface area (Å²) in [4.78, 5) is 11.6. The average molecular weight is 280 g/mol. The molecule has 1 fully saturated rings. The molecule has 0 bridgehead atoms. The van der Waals surface area contributed by atoms with Gasteiger partial charge in [0.15, 0.2) is 0 Å². The third kappa shape index (κ3) is 3.56. The van der Waals surface area contributed by atoms with E-state index in [-0.39, 0.29) is 0 Å². The van der Waals surface area contributed by atoms with Crippen molar-refractivity contribution in [1.82, 2.24) is 5.32 Å². The third-order valence-electron chi connectivity index (χ3n) is 3.63. The highest BCUT2D eigenvalue weighted by Gasteiger charge is 2.16. The van der Waals surface area contributed by atoms with Crippen LogP contribution >= 0.6 is 0 Å². The molecule has 1 aliphatic rings. The first-order valence-corrected chi connectivity index (χ1v) is 6.76. The van der Waals surface area contributed by atoms with Crippen molar-refractivity contribution in [3.63, 3.8) is 0 Å². The highest BCUT2D eigenvalue weighted by molar-refractivity contribution is 5.90. The number of allylic oxidation sites excluding steroid dienone is 1. The summed E-state index contributed by atoms with van der Waals surface area (Å²) in [5, 5.41) is 4.70. The molecule has 1 aliphatic carbocycles. The first kappa shape index (κ1) is 14.5. The van der Waals surface area contributed by atoms with Gasteiger partial charge in [-0.25, -0.2) is 13.6 Å². The number of para-hydroxylation sites is 1. The monoisotopic (exact) mass is 280 g/mol. The molecular formula is C15H18F2N2O. The smallest absolute Gasteiger partial charge is 0.314 e. The van der Waals surface area contributed by atoms with Crippen LogP contribution in [0.4, 0.5) is 19.3 Å². The van der Waals surface area contributed by atoms with E-state index < -0.39 is 23.4 Å². The molecule has 0 atom stereocenters. The number of benzene rings is 1. The van der Waals surface area contributed by atoms with Gasteiger partial charge >= 0.3 is 6.03 Å². The number of rotatable bonds is 3. The van der Waals surface area contributed by atoms with Gasteiger partial charge in [0, 0.05) is 6.20 Å². The first-order valence-electron chi connectivity index (χ1n) is 6.76. The van der Waals surface area contributed by atoms with Gasteiger partial charge in [0.1, 0.15) is 17.3 Å². The fourth-order valence-corrected chi connectivity index (χ4v) is 2.45. The molecule has 1 aromatic rings. The molecule has 0 saturated heterocycles. The lowest BCUT2D eigenvalue weighted by Crippen LogP contribution is -2.25. The highest BCUT2D eigenvalue weighted by Crippen LogP contribution is 2.30. The van der Waals surface area contributed by atoms with Crippen LogP contribution in [0.15, 0.2) is 30.0 Å². The number of anilines is 1. The molecule has 0 aromatic heterocycles. The SMILES string of the molecule is C/C(=C\NC(=O)Nc1c(F)cccc1F)C1CCCC1. The van der Waals surface area contributed by atoms with Crippen LogP contribution in [-0.4, -0.2) is 6.03 Å². The number of hydrogen-bond acceptors (Lipinski definition) is 1. The topological polar surface area (TPSA) is 41.1 Å². The van der Waals surface area contributed by atoms with Crippen LogP contribution in [0.25, 0.3) is 0 Å². The van der Waals surface area contributed by atoms with Crippen molar-refractivity contribution < 1.29 is 13.6 Å². The zero-order valence-corrected chi connectivity index (χ0v) is 11.4. The lowest BCUT2D eigenvalue weighted by molar-refractivity contribution is 0.254. The maximum atomic E-state index is 13.4. The maximum absolute atomic E-state index is 13.4. The minimum Gasteiger partial charge on any atom is -0.314 e. The van der Waals surface area contributed by atoms with Gasteiger partial charge in [-0.1, -0.05) is 24.5 Å². The van der Waals surface area contributed by atoms with Gasteiger partial charge in [0.05, 0.1) is 0 Å². The van der Waals surface area contributed by atoms with Crippen molar-refractivity contribution in [2.75, 3.05) is 5.32 Å². The normalized spacial score (nSPS) is 16.2. The second-order valence-corrected chi connectivity index (χ2v) is 5.06. The van der Waals surface area contributed by atoms with Gasteiger partial charge in [-0.2, -0.15) is 0 Å². The molecular weight excluding hydrogens is 262 g/mol. The molecule has 0 heterocycles. The largest absolute Gasteiger partial charge is 0.323 e. The van der Waals surface area contributed by atoms with E-state index in [1.165, 1.54) is 18.9 Å². The molecule has 20 heavy (non-hydrogen) atoms. The highest BCUT2D eigenvalue weighted by atomic mass is 19.1. The minimum absolute atomic E-state index is 0.433. The van der Waals surface area contributed by atoms with E-state index in [1.807, 2.05) is 6.92 Å². The molecule has 0 aliphatic heterocycles. The van der Waals surface area contributed by atoms with E-state index >= 15 is 0 Å². The Morgan fingerprint density at radius 1 is 1.25 bits per heavy atom. The second-order valence-electron chi connectivity index (χ2n) is 5.06. The van der Waals surface area contributed by atoms with Crippen molar-refractivity contribution in [3.8, 4) is 0 Å². The Labute approximate surface area is 117 Å². The van der Waals surface area contributed by atoms with Crippen LogP contribution in [0.3, 0.4) is 0 Å². The number of halogens is 2. The summed E-state index contributed by atoms with van der Waals surface area (Å²) in [6.07, 6.45) is 6.30. The van der Waals surface area contributed by atoms with Gasteiger partial charge in [0.25, 0.3) is 0 Å². The van der Waals surface area contributed by atoms with Crippen LogP contribution in [0.2, 0.25) is 0 Å². The number of urea groups is 1. The Hall–Kier alpha value is -1.91. The molecule has 0 unspecified atom stereocenters. The van der Waals surface area contributed by atoms with Crippen molar-refractivity contribution in [1.29, 1.82) is 0 Å². The van der Waals surface area contributed by atoms with Gasteiger partial charge in [0.2, 0.25) is 0 Å². The standard InChI is InChI=1S/C15H18F2N2O/c1-10(11-5-2-3-6-11)9-18-15(20)19-14-12(16)7-4-8-13(14)17/h4,7-9,11H,2-3,5-6H2,1H3,(H2,18,19,20)/b10-9+. The zero-order valence-electron chi connectivity index (χ0n) is 11.4.